The second-order valence-electron chi connectivity index (χ2n) is 2.71. The van der Waals surface area contributed by atoms with Crippen LogP contribution in [0.15, 0.2) is 10.9 Å². The summed E-state index contributed by atoms with van der Waals surface area (Å²) in [4.78, 5) is 4.20. The van der Waals surface area contributed by atoms with Gasteiger partial charge >= 0.3 is 0 Å². The first-order valence-corrected chi connectivity index (χ1v) is 6.68. The molecule has 0 atom stereocenters. The van der Waals surface area contributed by atoms with Gasteiger partial charge in [-0.15, -0.1) is 11.3 Å². The van der Waals surface area contributed by atoms with Crippen molar-refractivity contribution >= 4 is 23.1 Å². The smallest absolute Gasteiger partial charge is 0.0795 e. The first-order chi connectivity index (χ1) is 6.43. The van der Waals surface area contributed by atoms with Crippen molar-refractivity contribution < 1.29 is 0 Å². The van der Waals surface area contributed by atoms with Crippen LogP contribution in [0.3, 0.4) is 0 Å². The maximum absolute atomic E-state index is 4.20. The van der Waals surface area contributed by atoms with Crippen LogP contribution in [0.5, 0.6) is 0 Å². The van der Waals surface area contributed by atoms with E-state index in [0.717, 1.165) is 18.8 Å². The number of nitrogens with one attached hydrogen (secondary N) is 1. The molecular formula is C9H16N2S2. The SMILES string of the molecule is CCSCCCNCc1cscn1. The second-order valence-corrected chi connectivity index (χ2v) is 4.82. The molecule has 2 nitrogen and oxygen atoms in total. The van der Waals surface area contributed by atoms with E-state index in [0.29, 0.717) is 0 Å². The summed E-state index contributed by atoms with van der Waals surface area (Å²) in [6.45, 7) is 4.22. The molecule has 0 saturated heterocycles. The highest BCUT2D eigenvalue weighted by Gasteiger charge is 1.93. The van der Waals surface area contributed by atoms with Gasteiger partial charge in [-0.1, -0.05) is 6.92 Å². The highest BCUT2D eigenvalue weighted by atomic mass is 32.2. The van der Waals surface area contributed by atoms with Gasteiger partial charge in [-0.25, -0.2) is 4.98 Å². The molecule has 0 bridgehead atoms. The number of thiazole rings is 1. The third kappa shape index (κ3) is 5.29. The monoisotopic (exact) mass is 216 g/mol. The minimum atomic E-state index is 0.917. The molecule has 0 fully saturated rings. The van der Waals surface area contributed by atoms with E-state index in [4.69, 9.17) is 0 Å². The minimum absolute atomic E-state index is 0.917. The Hall–Kier alpha value is -0.0600. The summed E-state index contributed by atoms with van der Waals surface area (Å²) >= 11 is 3.66. The molecule has 1 aromatic heterocycles. The fourth-order valence-corrected chi connectivity index (χ4v) is 2.18. The zero-order valence-corrected chi connectivity index (χ0v) is 9.59. The normalized spacial score (nSPS) is 10.5. The number of hydrogen-bond donors (Lipinski definition) is 1. The number of rotatable bonds is 7. The number of thioether (sulfide) groups is 1. The molecule has 0 aliphatic carbocycles. The maximum Gasteiger partial charge on any atom is 0.0795 e. The van der Waals surface area contributed by atoms with Gasteiger partial charge in [0.25, 0.3) is 0 Å². The lowest BCUT2D eigenvalue weighted by molar-refractivity contribution is 0.670. The third-order valence-electron chi connectivity index (χ3n) is 1.64. The van der Waals surface area contributed by atoms with Gasteiger partial charge in [-0.3, -0.25) is 0 Å². The Morgan fingerprint density at radius 1 is 1.62 bits per heavy atom. The quantitative estimate of drug-likeness (QED) is 0.708. The predicted octanol–water partition coefficient (Wildman–Crippen LogP) is 2.38. The van der Waals surface area contributed by atoms with E-state index in [1.807, 2.05) is 17.3 Å². The molecule has 4 heteroatoms. The van der Waals surface area contributed by atoms with Gasteiger partial charge in [0.2, 0.25) is 0 Å². The molecule has 1 heterocycles. The summed E-state index contributed by atoms with van der Waals surface area (Å²) in [6.07, 6.45) is 1.25. The van der Waals surface area contributed by atoms with Gasteiger partial charge in [0.05, 0.1) is 11.2 Å². The van der Waals surface area contributed by atoms with Crippen LogP contribution in [0.1, 0.15) is 19.0 Å². The summed E-state index contributed by atoms with van der Waals surface area (Å²) in [5.41, 5.74) is 3.04. The van der Waals surface area contributed by atoms with Crippen molar-refractivity contribution in [1.29, 1.82) is 0 Å². The first kappa shape index (κ1) is 11.0. The van der Waals surface area contributed by atoms with E-state index >= 15 is 0 Å². The number of aromatic nitrogens is 1. The molecule has 0 aliphatic heterocycles. The van der Waals surface area contributed by atoms with Crippen molar-refractivity contribution in [2.75, 3.05) is 18.1 Å². The zero-order valence-electron chi connectivity index (χ0n) is 7.95. The average Bonchev–Trinajstić information content (AvgIpc) is 2.63. The average molecular weight is 216 g/mol. The Kier molecular flexibility index (Phi) is 6.23. The minimum Gasteiger partial charge on any atom is -0.311 e. The molecule has 13 heavy (non-hydrogen) atoms. The summed E-state index contributed by atoms with van der Waals surface area (Å²) in [5.74, 6) is 2.49. The molecule has 0 amide bonds. The van der Waals surface area contributed by atoms with Crippen molar-refractivity contribution in [2.24, 2.45) is 0 Å². The van der Waals surface area contributed by atoms with Crippen molar-refractivity contribution in [1.82, 2.24) is 10.3 Å². The van der Waals surface area contributed by atoms with Crippen LogP contribution in [0.4, 0.5) is 0 Å². The zero-order chi connectivity index (χ0) is 9.36. The number of hydrogen-bond acceptors (Lipinski definition) is 4. The molecule has 0 spiro atoms. The van der Waals surface area contributed by atoms with Gasteiger partial charge in [0, 0.05) is 11.9 Å². The molecular weight excluding hydrogens is 200 g/mol. The Balaban J connectivity index is 1.90. The lowest BCUT2D eigenvalue weighted by Crippen LogP contribution is -2.15. The van der Waals surface area contributed by atoms with Gasteiger partial charge < -0.3 is 5.32 Å². The molecule has 0 saturated carbocycles. The van der Waals surface area contributed by atoms with Crippen molar-refractivity contribution in [3.63, 3.8) is 0 Å². The summed E-state index contributed by atoms with van der Waals surface area (Å²) in [5, 5.41) is 5.47. The van der Waals surface area contributed by atoms with Crippen molar-refractivity contribution in [2.45, 2.75) is 19.9 Å². The van der Waals surface area contributed by atoms with Gasteiger partial charge in [-0.2, -0.15) is 11.8 Å². The standard InChI is InChI=1S/C9H16N2S2/c1-2-12-5-3-4-10-6-9-7-13-8-11-9/h7-8,10H,2-6H2,1H3. The van der Waals surface area contributed by atoms with E-state index in [-0.39, 0.29) is 0 Å². The van der Waals surface area contributed by atoms with Gasteiger partial charge in [0.15, 0.2) is 0 Å². The lowest BCUT2D eigenvalue weighted by Gasteiger charge is -2.01. The maximum atomic E-state index is 4.20. The van der Waals surface area contributed by atoms with Crippen LogP contribution in [-0.4, -0.2) is 23.0 Å². The highest BCUT2D eigenvalue weighted by Crippen LogP contribution is 2.01. The van der Waals surface area contributed by atoms with Crippen LogP contribution >= 0.6 is 23.1 Å². The summed E-state index contributed by atoms with van der Waals surface area (Å²) < 4.78 is 0. The lowest BCUT2D eigenvalue weighted by atomic mass is 10.4. The Morgan fingerprint density at radius 3 is 3.23 bits per heavy atom. The van der Waals surface area contributed by atoms with E-state index in [2.05, 4.69) is 22.6 Å². The largest absolute Gasteiger partial charge is 0.311 e. The molecule has 1 N–H and O–H groups in total. The van der Waals surface area contributed by atoms with Gasteiger partial charge in [-0.05, 0) is 24.5 Å². The van der Waals surface area contributed by atoms with Crippen LogP contribution in [0.25, 0.3) is 0 Å². The van der Waals surface area contributed by atoms with E-state index in [9.17, 15) is 0 Å². The first-order valence-electron chi connectivity index (χ1n) is 4.59. The molecule has 1 aromatic rings. The van der Waals surface area contributed by atoms with Crippen molar-refractivity contribution in [3.05, 3.63) is 16.6 Å². The van der Waals surface area contributed by atoms with E-state index < -0.39 is 0 Å². The fraction of sp³-hybridized carbons (Fsp3) is 0.667. The Bertz CT molecular complexity index is 199. The predicted molar refractivity (Wildman–Crippen MR) is 61.4 cm³/mol. The second kappa shape index (κ2) is 7.35. The molecule has 0 aromatic carbocycles. The molecule has 0 aliphatic rings. The molecule has 1 rings (SSSR count). The van der Waals surface area contributed by atoms with E-state index in [1.54, 1.807) is 11.3 Å². The fourth-order valence-electron chi connectivity index (χ4n) is 0.985. The topological polar surface area (TPSA) is 24.9 Å². The van der Waals surface area contributed by atoms with Crippen LogP contribution in [0.2, 0.25) is 0 Å². The molecule has 0 unspecified atom stereocenters. The summed E-state index contributed by atoms with van der Waals surface area (Å²) in [7, 11) is 0. The van der Waals surface area contributed by atoms with Crippen LogP contribution < -0.4 is 5.32 Å². The molecule has 0 radical (unpaired) electrons. The Labute approximate surface area is 88.2 Å². The number of nitrogens with zero attached hydrogens (tertiary/aromatic N) is 1. The van der Waals surface area contributed by atoms with Gasteiger partial charge in [0.1, 0.15) is 0 Å². The van der Waals surface area contributed by atoms with Crippen molar-refractivity contribution in [3.8, 4) is 0 Å². The third-order valence-corrected chi connectivity index (χ3v) is 3.26. The Morgan fingerprint density at radius 2 is 2.54 bits per heavy atom. The summed E-state index contributed by atoms with van der Waals surface area (Å²) in [6, 6.07) is 0. The van der Waals surface area contributed by atoms with E-state index in [1.165, 1.54) is 17.9 Å². The van der Waals surface area contributed by atoms with Crippen LogP contribution in [0, 0.1) is 0 Å². The highest BCUT2D eigenvalue weighted by molar-refractivity contribution is 7.99. The van der Waals surface area contributed by atoms with Crippen LogP contribution in [-0.2, 0) is 6.54 Å². The molecule has 74 valence electrons.